The molecule has 0 fully saturated rings. The molecule has 1 rings (SSSR count). The molecular weight excluding hydrogens is 210 g/mol. The summed E-state index contributed by atoms with van der Waals surface area (Å²) in [6.07, 6.45) is 3.06. The number of amides is 1. The summed E-state index contributed by atoms with van der Waals surface area (Å²) in [6.45, 7) is 3.45. The third-order valence-corrected chi connectivity index (χ3v) is 2.33. The highest BCUT2D eigenvalue weighted by Gasteiger charge is 2.29. The number of carbonyl (C=O) groups excluding carboxylic acids is 1. The van der Waals surface area contributed by atoms with Gasteiger partial charge in [0.2, 0.25) is 5.91 Å². The number of rotatable bonds is 4. The lowest BCUT2D eigenvalue weighted by Crippen LogP contribution is -2.37. The molecule has 0 spiro atoms. The first kappa shape index (κ1) is 12.2. The van der Waals surface area contributed by atoms with Gasteiger partial charge in [0.05, 0.1) is 6.20 Å². The van der Waals surface area contributed by atoms with E-state index in [9.17, 15) is 9.59 Å². The molecular formula is C10H15N3O3. The van der Waals surface area contributed by atoms with Crippen LogP contribution in [0, 0.1) is 0 Å². The molecule has 1 N–H and O–H groups in total. The average Bonchev–Trinajstić information content (AvgIpc) is 2.59. The van der Waals surface area contributed by atoms with E-state index in [1.165, 1.54) is 22.7 Å². The largest absolute Gasteiger partial charge is 0.479 e. The number of carboxylic acids is 1. The third kappa shape index (κ3) is 2.39. The smallest absolute Gasteiger partial charge is 0.331 e. The van der Waals surface area contributed by atoms with Gasteiger partial charge in [-0.15, -0.1) is 0 Å². The van der Waals surface area contributed by atoms with E-state index in [1.807, 2.05) is 0 Å². The van der Waals surface area contributed by atoms with Crippen molar-refractivity contribution in [2.24, 2.45) is 7.05 Å². The molecule has 0 aliphatic rings. The van der Waals surface area contributed by atoms with E-state index in [0.29, 0.717) is 12.1 Å². The van der Waals surface area contributed by atoms with Crippen molar-refractivity contribution in [3.63, 3.8) is 0 Å². The Kier molecular flexibility index (Phi) is 3.65. The van der Waals surface area contributed by atoms with Crippen LogP contribution in [0.4, 0.5) is 0 Å². The number of hydrogen-bond donors (Lipinski definition) is 1. The molecule has 6 heteroatoms. The minimum Gasteiger partial charge on any atom is -0.479 e. The van der Waals surface area contributed by atoms with E-state index < -0.39 is 12.0 Å². The molecule has 0 aliphatic carbocycles. The zero-order valence-electron chi connectivity index (χ0n) is 9.54. The van der Waals surface area contributed by atoms with Crippen molar-refractivity contribution < 1.29 is 14.7 Å². The van der Waals surface area contributed by atoms with Gasteiger partial charge in [-0.25, -0.2) is 4.79 Å². The molecule has 16 heavy (non-hydrogen) atoms. The van der Waals surface area contributed by atoms with Crippen molar-refractivity contribution in [3.05, 3.63) is 18.0 Å². The Hall–Kier alpha value is -1.85. The molecule has 0 aliphatic heterocycles. The van der Waals surface area contributed by atoms with Crippen LogP contribution in [0.3, 0.4) is 0 Å². The van der Waals surface area contributed by atoms with Crippen LogP contribution in [-0.4, -0.2) is 38.2 Å². The Labute approximate surface area is 93.5 Å². The molecule has 1 atom stereocenters. The van der Waals surface area contributed by atoms with Gasteiger partial charge < -0.3 is 10.0 Å². The Morgan fingerprint density at radius 3 is 2.56 bits per heavy atom. The van der Waals surface area contributed by atoms with Crippen LogP contribution in [0.2, 0.25) is 0 Å². The number of aromatic nitrogens is 2. The summed E-state index contributed by atoms with van der Waals surface area (Å²) in [5.41, 5.74) is 0.507. The molecule has 0 saturated carbocycles. The molecule has 0 aromatic carbocycles. The van der Waals surface area contributed by atoms with Gasteiger partial charge in [-0.2, -0.15) is 5.10 Å². The Morgan fingerprint density at radius 1 is 1.62 bits per heavy atom. The fourth-order valence-electron chi connectivity index (χ4n) is 1.62. The summed E-state index contributed by atoms with van der Waals surface area (Å²) in [5.74, 6) is -1.32. The second-order valence-corrected chi connectivity index (χ2v) is 3.49. The summed E-state index contributed by atoms with van der Waals surface area (Å²) in [4.78, 5) is 23.8. The van der Waals surface area contributed by atoms with Crippen LogP contribution >= 0.6 is 0 Å². The minimum atomic E-state index is -1.05. The van der Waals surface area contributed by atoms with Gasteiger partial charge in [-0.05, 0) is 6.92 Å². The van der Waals surface area contributed by atoms with Crippen molar-refractivity contribution in [2.45, 2.75) is 19.9 Å². The second kappa shape index (κ2) is 4.78. The van der Waals surface area contributed by atoms with E-state index in [2.05, 4.69) is 5.10 Å². The van der Waals surface area contributed by atoms with Crippen molar-refractivity contribution in [1.29, 1.82) is 0 Å². The van der Waals surface area contributed by atoms with Gasteiger partial charge in [0, 0.05) is 32.3 Å². The van der Waals surface area contributed by atoms with Gasteiger partial charge >= 0.3 is 5.97 Å². The highest BCUT2D eigenvalue weighted by atomic mass is 16.4. The number of aryl methyl sites for hydroxylation is 1. The maximum atomic E-state index is 11.3. The lowest BCUT2D eigenvalue weighted by Gasteiger charge is -2.25. The van der Waals surface area contributed by atoms with Crippen LogP contribution in [0.5, 0.6) is 0 Å². The number of likely N-dealkylation sites (N-methyl/N-ethyl adjacent to an activating group) is 1. The van der Waals surface area contributed by atoms with Gasteiger partial charge in [-0.3, -0.25) is 9.48 Å². The molecule has 1 unspecified atom stereocenters. The van der Waals surface area contributed by atoms with Gasteiger partial charge in [0.15, 0.2) is 6.04 Å². The Bertz CT molecular complexity index is 400. The van der Waals surface area contributed by atoms with Gasteiger partial charge in [0.25, 0.3) is 0 Å². The van der Waals surface area contributed by atoms with Crippen molar-refractivity contribution in [1.82, 2.24) is 14.7 Å². The number of carboxylic acid groups (broad SMARTS) is 1. The molecule has 88 valence electrons. The van der Waals surface area contributed by atoms with E-state index in [1.54, 1.807) is 20.2 Å². The summed E-state index contributed by atoms with van der Waals surface area (Å²) in [7, 11) is 1.70. The molecule has 1 amide bonds. The van der Waals surface area contributed by atoms with Crippen LogP contribution in [0.15, 0.2) is 12.4 Å². The number of carbonyl (C=O) groups is 2. The van der Waals surface area contributed by atoms with E-state index in [-0.39, 0.29) is 5.91 Å². The van der Waals surface area contributed by atoms with Crippen molar-refractivity contribution >= 4 is 11.9 Å². The summed E-state index contributed by atoms with van der Waals surface area (Å²) >= 11 is 0. The molecule has 0 bridgehead atoms. The second-order valence-electron chi connectivity index (χ2n) is 3.49. The van der Waals surface area contributed by atoms with Gasteiger partial charge in [-0.1, -0.05) is 0 Å². The van der Waals surface area contributed by atoms with E-state index >= 15 is 0 Å². The molecule has 1 aromatic rings. The zero-order chi connectivity index (χ0) is 12.3. The quantitative estimate of drug-likeness (QED) is 0.805. The first-order chi connectivity index (χ1) is 7.47. The summed E-state index contributed by atoms with van der Waals surface area (Å²) < 4.78 is 1.51. The fourth-order valence-corrected chi connectivity index (χ4v) is 1.62. The number of aliphatic carboxylic acids is 1. The molecule has 1 aromatic heterocycles. The minimum absolute atomic E-state index is 0.265. The van der Waals surface area contributed by atoms with Crippen LogP contribution in [-0.2, 0) is 16.6 Å². The Balaban J connectivity index is 3.08. The van der Waals surface area contributed by atoms with Crippen molar-refractivity contribution in [2.75, 3.05) is 6.54 Å². The number of nitrogens with zero attached hydrogens (tertiary/aromatic N) is 3. The van der Waals surface area contributed by atoms with E-state index in [0.717, 1.165) is 0 Å². The third-order valence-electron chi connectivity index (χ3n) is 2.33. The Morgan fingerprint density at radius 2 is 2.25 bits per heavy atom. The maximum absolute atomic E-state index is 11.3. The predicted octanol–water partition coefficient (Wildman–Crippen LogP) is 0.414. The lowest BCUT2D eigenvalue weighted by atomic mass is 10.1. The zero-order valence-corrected chi connectivity index (χ0v) is 9.54. The van der Waals surface area contributed by atoms with Crippen LogP contribution in [0.1, 0.15) is 25.5 Å². The fraction of sp³-hybridized carbons (Fsp3) is 0.500. The SMILES string of the molecule is CCN(C(C)=O)C(C(=O)O)c1cnn(C)c1. The van der Waals surface area contributed by atoms with Crippen LogP contribution < -0.4 is 0 Å². The van der Waals surface area contributed by atoms with Gasteiger partial charge in [0.1, 0.15) is 0 Å². The normalized spacial score (nSPS) is 12.2. The first-order valence-corrected chi connectivity index (χ1v) is 4.96. The first-order valence-electron chi connectivity index (χ1n) is 4.96. The highest BCUT2D eigenvalue weighted by molar-refractivity contribution is 5.83. The number of hydrogen-bond acceptors (Lipinski definition) is 3. The predicted molar refractivity (Wildman–Crippen MR) is 56.6 cm³/mol. The van der Waals surface area contributed by atoms with Crippen molar-refractivity contribution in [3.8, 4) is 0 Å². The summed E-state index contributed by atoms with van der Waals surface area (Å²) in [5, 5.41) is 13.1. The average molecular weight is 225 g/mol. The van der Waals surface area contributed by atoms with Crippen LogP contribution in [0.25, 0.3) is 0 Å². The standard InChI is InChI=1S/C10H15N3O3/c1-4-13(7(2)14)9(10(15)16)8-5-11-12(3)6-8/h5-6,9H,4H2,1-3H3,(H,15,16). The lowest BCUT2D eigenvalue weighted by molar-refractivity contribution is -0.149. The summed E-state index contributed by atoms with van der Waals surface area (Å²) in [6, 6.07) is -0.962. The molecule has 6 nitrogen and oxygen atoms in total. The maximum Gasteiger partial charge on any atom is 0.331 e. The molecule has 0 saturated heterocycles. The molecule has 1 heterocycles. The topological polar surface area (TPSA) is 75.4 Å². The van der Waals surface area contributed by atoms with E-state index in [4.69, 9.17) is 5.11 Å². The monoisotopic (exact) mass is 225 g/mol. The highest BCUT2D eigenvalue weighted by Crippen LogP contribution is 2.20. The molecule has 0 radical (unpaired) electrons.